The lowest BCUT2D eigenvalue weighted by Crippen LogP contribution is -2.51. The number of carbonyl (C=O) groups excluding carboxylic acids is 1. The fourth-order valence-corrected chi connectivity index (χ4v) is 2.45. The largest absolute Gasteiger partial charge is 0.447 e. The van der Waals surface area contributed by atoms with E-state index >= 15 is 0 Å². The molecule has 1 unspecified atom stereocenters. The molecule has 0 saturated carbocycles. The fourth-order valence-electron chi connectivity index (χ4n) is 2.45. The quantitative estimate of drug-likeness (QED) is 0.755. The lowest BCUT2D eigenvalue weighted by Gasteiger charge is -2.35. The summed E-state index contributed by atoms with van der Waals surface area (Å²) in [7, 11) is 0. The van der Waals surface area contributed by atoms with Gasteiger partial charge in [0.1, 0.15) is 6.61 Å². The Morgan fingerprint density at radius 1 is 1.47 bits per heavy atom. The van der Waals surface area contributed by atoms with Crippen LogP contribution in [0.5, 0.6) is 0 Å². The minimum atomic E-state index is -0.156. The number of amides is 1. The van der Waals surface area contributed by atoms with Gasteiger partial charge in [-0.05, 0) is 11.6 Å². The van der Waals surface area contributed by atoms with Crippen LogP contribution in [0.15, 0.2) is 24.5 Å². The number of cyclic esters (lactones) is 1. The molecule has 2 fully saturated rings. The van der Waals surface area contributed by atoms with Gasteiger partial charge in [0.15, 0.2) is 0 Å². The zero-order valence-corrected chi connectivity index (χ0v) is 9.58. The van der Waals surface area contributed by atoms with Crippen molar-refractivity contribution in [3.63, 3.8) is 0 Å². The van der Waals surface area contributed by atoms with Crippen molar-refractivity contribution in [3.8, 4) is 0 Å². The van der Waals surface area contributed by atoms with Crippen LogP contribution >= 0.6 is 0 Å². The number of ether oxygens (including phenoxy) is 1. The second kappa shape index (κ2) is 4.33. The Bertz CT molecular complexity index is 409. The van der Waals surface area contributed by atoms with Crippen LogP contribution in [-0.2, 0) is 11.3 Å². The van der Waals surface area contributed by atoms with Crippen molar-refractivity contribution in [3.05, 3.63) is 30.1 Å². The highest BCUT2D eigenvalue weighted by Crippen LogP contribution is 2.18. The molecule has 1 aromatic rings. The number of piperazine rings is 1. The van der Waals surface area contributed by atoms with E-state index < -0.39 is 0 Å². The Labute approximate surface area is 100.0 Å². The van der Waals surface area contributed by atoms with Crippen molar-refractivity contribution in [2.24, 2.45) is 0 Å². The van der Waals surface area contributed by atoms with E-state index in [-0.39, 0.29) is 12.1 Å². The maximum atomic E-state index is 11.3. The van der Waals surface area contributed by atoms with E-state index in [1.807, 2.05) is 17.2 Å². The van der Waals surface area contributed by atoms with Gasteiger partial charge in [-0.3, -0.25) is 14.8 Å². The Morgan fingerprint density at radius 2 is 2.41 bits per heavy atom. The fraction of sp³-hybridized carbons (Fsp3) is 0.500. The number of pyridine rings is 1. The number of carbonyl (C=O) groups is 1. The van der Waals surface area contributed by atoms with Gasteiger partial charge in [0, 0.05) is 38.6 Å². The van der Waals surface area contributed by atoms with Gasteiger partial charge in [-0.2, -0.15) is 0 Å². The molecule has 3 heterocycles. The Hall–Kier alpha value is -1.62. The molecular weight excluding hydrogens is 218 g/mol. The highest BCUT2D eigenvalue weighted by molar-refractivity contribution is 5.70. The topological polar surface area (TPSA) is 45.7 Å². The van der Waals surface area contributed by atoms with E-state index in [9.17, 15) is 4.79 Å². The highest BCUT2D eigenvalue weighted by atomic mass is 16.6. The van der Waals surface area contributed by atoms with Crippen molar-refractivity contribution in [1.82, 2.24) is 14.8 Å². The van der Waals surface area contributed by atoms with Crippen LogP contribution < -0.4 is 0 Å². The lowest BCUT2D eigenvalue weighted by atomic mass is 10.2. The summed E-state index contributed by atoms with van der Waals surface area (Å²) in [6, 6.07) is 4.26. The monoisotopic (exact) mass is 233 g/mol. The molecule has 5 heteroatoms. The van der Waals surface area contributed by atoms with Crippen molar-refractivity contribution >= 4 is 6.09 Å². The SMILES string of the molecule is O=C1OCC2CN(Cc3cccnc3)CCN12. The van der Waals surface area contributed by atoms with E-state index in [1.165, 1.54) is 5.56 Å². The predicted molar refractivity (Wildman–Crippen MR) is 61.4 cm³/mol. The molecule has 0 aliphatic carbocycles. The third-order valence-corrected chi connectivity index (χ3v) is 3.33. The molecule has 2 saturated heterocycles. The summed E-state index contributed by atoms with van der Waals surface area (Å²) in [5.41, 5.74) is 1.21. The molecule has 1 atom stereocenters. The molecule has 0 bridgehead atoms. The standard InChI is InChI=1S/C12H15N3O2/c16-12-15-5-4-14(8-11(15)9-17-12)7-10-2-1-3-13-6-10/h1-3,6,11H,4-5,7-9H2. The van der Waals surface area contributed by atoms with Gasteiger partial charge >= 0.3 is 6.09 Å². The predicted octanol–water partition coefficient (Wildman–Crippen LogP) is 0.718. The second-order valence-corrected chi connectivity index (χ2v) is 4.52. The van der Waals surface area contributed by atoms with Crippen molar-refractivity contribution in [2.45, 2.75) is 12.6 Å². The summed E-state index contributed by atoms with van der Waals surface area (Å²) in [4.78, 5) is 19.6. The van der Waals surface area contributed by atoms with Crippen molar-refractivity contribution < 1.29 is 9.53 Å². The normalized spacial score (nSPS) is 24.6. The van der Waals surface area contributed by atoms with Gasteiger partial charge in [0.25, 0.3) is 0 Å². The number of nitrogens with zero attached hydrogens (tertiary/aromatic N) is 3. The summed E-state index contributed by atoms with van der Waals surface area (Å²) < 4.78 is 5.05. The minimum absolute atomic E-state index is 0.156. The molecule has 90 valence electrons. The van der Waals surface area contributed by atoms with Gasteiger partial charge in [0.2, 0.25) is 0 Å². The summed E-state index contributed by atoms with van der Waals surface area (Å²) in [5, 5.41) is 0. The molecule has 0 spiro atoms. The smallest absolute Gasteiger partial charge is 0.410 e. The molecule has 2 aliphatic rings. The first kappa shape index (κ1) is 10.5. The molecule has 0 radical (unpaired) electrons. The molecule has 3 rings (SSSR count). The maximum Gasteiger partial charge on any atom is 0.410 e. The number of hydrogen-bond acceptors (Lipinski definition) is 4. The molecule has 1 amide bonds. The van der Waals surface area contributed by atoms with Crippen LogP contribution in [0, 0.1) is 0 Å². The number of hydrogen-bond donors (Lipinski definition) is 0. The van der Waals surface area contributed by atoms with Crippen LogP contribution in [0.25, 0.3) is 0 Å². The number of aromatic nitrogens is 1. The zero-order valence-electron chi connectivity index (χ0n) is 9.58. The van der Waals surface area contributed by atoms with E-state index in [0.29, 0.717) is 6.61 Å². The summed E-state index contributed by atoms with van der Waals surface area (Å²) in [6.45, 7) is 3.99. The first-order valence-corrected chi connectivity index (χ1v) is 5.87. The first-order chi connectivity index (χ1) is 8.33. The van der Waals surface area contributed by atoms with Gasteiger partial charge in [-0.25, -0.2) is 4.79 Å². The Balaban J connectivity index is 1.62. The summed E-state index contributed by atoms with van der Waals surface area (Å²) >= 11 is 0. The third-order valence-electron chi connectivity index (χ3n) is 3.33. The molecule has 2 aliphatic heterocycles. The average molecular weight is 233 g/mol. The van der Waals surface area contributed by atoms with Crippen LogP contribution in [0.4, 0.5) is 4.79 Å². The van der Waals surface area contributed by atoms with E-state index in [2.05, 4.69) is 16.0 Å². The minimum Gasteiger partial charge on any atom is -0.447 e. The molecule has 17 heavy (non-hydrogen) atoms. The van der Waals surface area contributed by atoms with E-state index in [1.54, 1.807) is 6.20 Å². The van der Waals surface area contributed by atoms with Crippen LogP contribution in [-0.4, -0.2) is 53.2 Å². The molecule has 5 nitrogen and oxygen atoms in total. The van der Waals surface area contributed by atoms with Crippen LogP contribution in [0.1, 0.15) is 5.56 Å². The molecular formula is C12H15N3O2. The van der Waals surface area contributed by atoms with Gasteiger partial charge in [-0.1, -0.05) is 6.07 Å². The van der Waals surface area contributed by atoms with Gasteiger partial charge in [-0.15, -0.1) is 0 Å². The first-order valence-electron chi connectivity index (χ1n) is 5.87. The molecule has 1 aromatic heterocycles. The molecule has 0 aromatic carbocycles. The summed E-state index contributed by atoms with van der Waals surface area (Å²) in [6.07, 6.45) is 3.52. The van der Waals surface area contributed by atoms with Crippen LogP contribution in [0.3, 0.4) is 0 Å². The lowest BCUT2D eigenvalue weighted by molar-refractivity contribution is 0.115. The Morgan fingerprint density at radius 3 is 3.24 bits per heavy atom. The Kier molecular flexibility index (Phi) is 2.68. The van der Waals surface area contributed by atoms with Crippen molar-refractivity contribution in [1.29, 1.82) is 0 Å². The molecule has 0 N–H and O–H groups in total. The van der Waals surface area contributed by atoms with Gasteiger partial charge in [0.05, 0.1) is 6.04 Å². The van der Waals surface area contributed by atoms with Crippen LogP contribution in [0.2, 0.25) is 0 Å². The third kappa shape index (κ3) is 2.10. The summed E-state index contributed by atoms with van der Waals surface area (Å²) in [5.74, 6) is 0. The second-order valence-electron chi connectivity index (χ2n) is 4.52. The van der Waals surface area contributed by atoms with Crippen molar-refractivity contribution in [2.75, 3.05) is 26.2 Å². The van der Waals surface area contributed by atoms with E-state index in [0.717, 1.165) is 26.2 Å². The van der Waals surface area contributed by atoms with Gasteiger partial charge < -0.3 is 4.74 Å². The number of rotatable bonds is 2. The zero-order chi connectivity index (χ0) is 11.7. The average Bonchev–Trinajstić information content (AvgIpc) is 2.72. The highest BCUT2D eigenvalue weighted by Gasteiger charge is 2.37. The van der Waals surface area contributed by atoms with E-state index in [4.69, 9.17) is 4.74 Å². The maximum absolute atomic E-state index is 11.3. The number of fused-ring (bicyclic) bond motifs is 1.